The van der Waals surface area contributed by atoms with Crippen molar-refractivity contribution in [3.05, 3.63) is 34.5 Å². The zero-order valence-electron chi connectivity index (χ0n) is 10.0. The van der Waals surface area contributed by atoms with E-state index in [9.17, 15) is 4.79 Å². The molecule has 1 aromatic heterocycles. The molecule has 0 unspecified atom stereocenters. The van der Waals surface area contributed by atoms with E-state index in [0.29, 0.717) is 6.42 Å². The van der Waals surface area contributed by atoms with Crippen LogP contribution in [0.1, 0.15) is 29.5 Å². The summed E-state index contributed by atoms with van der Waals surface area (Å²) in [5.41, 5.74) is 0. The van der Waals surface area contributed by atoms with E-state index in [1.54, 1.807) is 22.3 Å². The number of hydrogen-bond acceptors (Lipinski definition) is 2. The van der Waals surface area contributed by atoms with Crippen molar-refractivity contribution < 1.29 is 4.79 Å². The van der Waals surface area contributed by atoms with E-state index in [2.05, 4.69) is 25.6 Å². The number of allylic oxidation sites excluding steroid dienone is 1. The van der Waals surface area contributed by atoms with Crippen molar-refractivity contribution in [3.63, 3.8) is 0 Å². The van der Waals surface area contributed by atoms with Crippen LogP contribution in [-0.2, 0) is 17.8 Å². The minimum absolute atomic E-state index is 0.186. The minimum atomic E-state index is 0.186. The van der Waals surface area contributed by atoms with Crippen LogP contribution in [0.2, 0.25) is 0 Å². The Morgan fingerprint density at radius 3 is 2.75 bits per heavy atom. The molecular weight excluding hydrogens is 218 g/mol. The molecule has 16 heavy (non-hydrogen) atoms. The molecule has 0 aliphatic carbocycles. The van der Waals surface area contributed by atoms with Gasteiger partial charge in [0.2, 0.25) is 5.91 Å². The van der Waals surface area contributed by atoms with Crippen LogP contribution in [0.4, 0.5) is 0 Å². The Bertz CT molecular complexity index is 357. The van der Waals surface area contributed by atoms with Crippen molar-refractivity contribution in [1.82, 2.24) is 4.90 Å². The summed E-state index contributed by atoms with van der Waals surface area (Å²) < 4.78 is 0. The number of thiophene rings is 1. The second-order valence-corrected chi connectivity index (χ2v) is 5.05. The first-order chi connectivity index (χ1) is 7.67. The van der Waals surface area contributed by atoms with Gasteiger partial charge in [-0.1, -0.05) is 13.0 Å². The Balaban J connectivity index is 2.46. The van der Waals surface area contributed by atoms with Gasteiger partial charge in [-0.05, 0) is 25.0 Å². The maximum absolute atomic E-state index is 11.7. The minimum Gasteiger partial charge on any atom is -0.341 e. The van der Waals surface area contributed by atoms with Gasteiger partial charge in [0.25, 0.3) is 0 Å². The monoisotopic (exact) mass is 237 g/mol. The van der Waals surface area contributed by atoms with Crippen molar-refractivity contribution >= 4 is 17.2 Å². The maximum Gasteiger partial charge on any atom is 0.222 e. The molecule has 0 aliphatic rings. The zero-order valence-corrected chi connectivity index (χ0v) is 10.8. The summed E-state index contributed by atoms with van der Waals surface area (Å²) in [5, 5.41) is 0. The molecule has 0 atom stereocenters. The summed E-state index contributed by atoms with van der Waals surface area (Å²) in [7, 11) is 1.86. The highest BCUT2D eigenvalue weighted by atomic mass is 32.1. The molecule has 1 amide bonds. The predicted molar refractivity (Wildman–Crippen MR) is 69.6 cm³/mol. The fourth-order valence-electron chi connectivity index (χ4n) is 1.44. The van der Waals surface area contributed by atoms with Crippen LogP contribution in [-0.4, -0.2) is 17.9 Å². The lowest BCUT2D eigenvalue weighted by Gasteiger charge is -2.15. The van der Waals surface area contributed by atoms with Crippen molar-refractivity contribution in [2.24, 2.45) is 0 Å². The quantitative estimate of drug-likeness (QED) is 0.696. The number of carbonyl (C=O) groups excluding carboxylic acids is 1. The molecule has 3 heteroatoms. The molecule has 0 saturated carbocycles. The lowest BCUT2D eigenvalue weighted by Crippen LogP contribution is -2.25. The average molecular weight is 237 g/mol. The van der Waals surface area contributed by atoms with Gasteiger partial charge < -0.3 is 4.90 Å². The maximum atomic E-state index is 11.7. The average Bonchev–Trinajstić information content (AvgIpc) is 2.73. The second-order valence-electron chi connectivity index (χ2n) is 3.80. The van der Waals surface area contributed by atoms with Crippen LogP contribution >= 0.6 is 11.3 Å². The smallest absolute Gasteiger partial charge is 0.222 e. The van der Waals surface area contributed by atoms with E-state index < -0.39 is 0 Å². The summed E-state index contributed by atoms with van der Waals surface area (Å²) in [4.78, 5) is 16.1. The number of hydrogen-bond donors (Lipinski definition) is 0. The number of nitrogens with zero attached hydrogens (tertiary/aromatic N) is 1. The summed E-state index contributed by atoms with van der Waals surface area (Å²) in [6.45, 7) is 6.49. The Kier molecular flexibility index (Phi) is 5.26. The Labute approximate surface area is 102 Å². The van der Waals surface area contributed by atoms with Crippen LogP contribution in [0.15, 0.2) is 24.8 Å². The predicted octanol–water partition coefficient (Wildman–Crippen LogP) is 3.24. The number of amides is 1. The first-order valence-electron chi connectivity index (χ1n) is 5.59. The molecule has 0 fully saturated rings. The lowest BCUT2D eigenvalue weighted by molar-refractivity contribution is -0.130. The molecule has 0 radical (unpaired) electrons. The summed E-state index contributed by atoms with van der Waals surface area (Å²) in [6.07, 6.45) is 4.17. The third-order valence-corrected chi connectivity index (χ3v) is 3.66. The highest BCUT2D eigenvalue weighted by Gasteiger charge is 2.09. The van der Waals surface area contributed by atoms with Gasteiger partial charge in [-0.3, -0.25) is 4.79 Å². The highest BCUT2D eigenvalue weighted by molar-refractivity contribution is 7.11. The van der Waals surface area contributed by atoms with E-state index in [4.69, 9.17) is 0 Å². The van der Waals surface area contributed by atoms with Crippen LogP contribution in [0.25, 0.3) is 0 Å². The number of carbonyl (C=O) groups is 1. The van der Waals surface area contributed by atoms with Crippen molar-refractivity contribution in [3.8, 4) is 0 Å². The first-order valence-corrected chi connectivity index (χ1v) is 6.41. The third-order valence-electron chi connectivity index (χ3n) is 2.45. The molecule has 0 spiro atoms. The van der Waals surface area contributed by atoms with E-state index in [1.165, 1.54) is 9.75 Å². The van der Waals surface area contributed by atoms with Crippen LogP contribution in [0.5, 0.6) is 0 Å². The van der Waals surface area contributed by atoms with Crippen LogP contribution in [0.3, 0.4) is 0 Å². The Hall–Kier alpha value is -1.09. The van der Waals surface area contributed by atoms with E-state index in [0.717, 1.165) is 19.4 Å². The summed E-state index contributed by atoms with van der Waals surface area (Å²) in [6, 6.07) is 4.25. The Morgan fingerprint density at radius 1 is 1.50 bits per heavy atom. The van der Waals surface area contributed by atoms with Crippen molar-refractivity contribution in [1.29, 1.82) is 0 Å². The molecule has 2 nitrogen and oxygen atoms in total. The molecule has 1 heterocycles. The van der Waals surface area contributed by atoms with E-state index in [1.807, 2.05) is 7.05 Å². The summed E-state index contributed by atoms with van der Waals surface area (Å²) >= 11 is 1.79. The Morgan fingerprint density at radius 2 is 2.19 bits per heavy atom. The first kappa shape index (κ1) is 13.0. The van der Waals surface area contributed by atoms with Crippen LogP contribution in [0, 0.1) is 0 Å². The molecule has 88 valence electrons. The third kappa shape index (κ3) is 3.81. The van der Waals surface area contributed by atoms with Gasteiger partial charge in [-0.2, -0.15) is 0 Å². The van der Waals surface area contributed by atoms with Crippen molar-refractivity contribution in [2.75, 3.05) is 7.05 Å². The van der Waals surface area contributed by atoms with Gasteiger partial charge in [0.05, 0.1) is 6.54 Å². The molecule has 0 bridgehead atoms. The zero-order chi connectivity index (χ0) is 12.0. The van der Waals surface area contributed by atoms with Gasteiger partial charge in [0.1, 0.15) is 0 Å². The lowest BCUT2D eigenvalue weighted by atomic mass is 10.3. The van der Waals surface area contributed by atoms with Crippen LogP contribution < -0.4 is 0 Å². The van der Waals surface area contributed by atoms with Gasteiger partial charge in [-0.15, -0.1) is 17.9 Å². The molecular formula is C13H19NOS. The normalized spacial score (nSPS) is 10.1. The summed E-state index contributed by atoms with van der Waals surface area (Å²) in [5.74, 6) is 0.186. The fraction of sp³-hybridized carbons (Fsp3) is 0.462. The largest absolute Gasteiger partial charge is 0.341 e. The standard InChI is InChI=1S/C13H19NOS/c1-4-6-7-13(15)14(3)10-12-9-8-11(5-2)16-12/h4,8-9H,1,5-7,10H2,2-3H3. The molecule has 1 aromatic rings. The van der Waals surface area contributed by atoms with Gasteiger partial charge in [0.15, 0.2) is 0 Å². The number of aryl methyl sites for hydroxylation is 1. The number of rotatable bonds is 6. The second kappa shape index (κ2) is 6.48. The highest BCUT2D eigenvalue weighted by Crippen LogP contribution is 2.18. The topological polar surface area (TPSA) is 20.3 Å². The van der Waals surface area contributed by atoms with Gasteiger partial charge >= 0.3 is 0 Å². The molecule has 1 rings (SSSR count). The van der Waals surface area contributed by atoms with Gasteiger partial charge in [0, 0.05) is 23.2 Å². The van der Waals surface area contributed by atoms with E-state index in [-0.39, 0.29) is 5.91 Å². The van der Waals surface area contributed by atoms with Crippen molar-refractivity contribution in [2.45, 2.75) is 32.7 Å². The molecule has 0 aliphatic heterocycles. The molecule has 0 N–H and O–H groups in total. The van der Waals surface area contributed by atoms with Gasteiger partial charge in [-0.25, -0.2) is 0 Å². The SMILES string of the molecule is C=CCCC(=O)N(C)Cc1ccc(CC)s1. The fourth-order valence-corrected chi connectivity index (χ4v) is 2.45. The molecule has 0 aromatic carbocycles. The molecule has 0 saturated heterocycles. The van der Waals surface area contributed by atoms with E-state index >= 15 is 0 Å².